The fraction of sp³-hybridized carbons (Fsp3) is 1.00. The van der Waals surface area contributed by atoms with Gasteiger partial charge in [0.2, 0.25) is 0 Å². The first-order chi connectivity index (χ1) is 7.70. The molecular formula is C15H33N. The molecule has 1 unspecified atom stereocenters. The Labute approximate surface area is 103 Å². The molecule has 0 aliphatic rings. The molecule has 0 radical (unpaired) electrons. The van der Waals surface area contributed by atoms with Crippen molar-refractivity contribution in [1.82, 2.24) is 5.32 Å². The molecule has 0 aromatic carbocycles. The average molecular weight is 227 g/mol. The lowest BCUT2D eigenvalue weighted by Gasteiger charge is -2.17. The number of nitrogens with one attached hydrogen (secondary N) is 1. The van der Waals surface area contributed by atoms with Crippen molar-refractivity contribution in [3.05, 3.63) is 0 Å². The van der Waals surface area contributed by atoms with Gasteiger partial charge >= 0.3 is 0 Å². The van der Waals surface area contributed by atoms with Crippen molar-refractivity contribution < 1.29 is 0 Å². The molecule has 0 aliphatic carbocycles. The highest BCUT2D eigenvalue weighted by molar-refractivity contribution is 4.63. The van der Waals surface area contributed by atoms with Gasteiger partial charge in [-0.3, -0.25) is 0 Å². The second kappa shape index (κ2) is 11.4. The standard InChI is InChI=1S/C15H33N/c1-5-7-8-9-10-11-12-15(6-2)13-16-14(3)4/h14-16H,5-13H2,1-4H3. The predicted octanol–water partition coefficient (Wildman–Crippen LogP) is 4.76. The SMILES string of the molecule is CCCCCCCCC(CC)CNC(C)C. The maximum Gasteiger partial charge on any atom is 0.00104 e. The highest BCUT2D eigenvalue weighted by atomic mass is 14.9. The first-order valence-electron chi connectivity index (χ1n) is 7.44. The third-order valence-electron chi connectivity index (χ3n) is 3.36. The lowest BCUT2D eigenvalue weighted by molar-refractivity contribution is 0.396. The predicted molar refractivity (Wildman–Crippen MR) is 74.9 cm³/mol. The van der Waals surface area contributed by atoms with Crippen LogP contribution in [0.25, 0.3) is 0 Å². The van der Waals surface area contributed by atoms with Gasteiger partial charge in [-0.05, 0) is 18.9 Å². The molecule has 1 N–H and O–H groups in total. The Balaban J connectivity index is 3.33. The smallest absolute Gasteiger partial charge is 0.00104 e. The Morgan fingerprint density at radius 3 is 2.06 bits per heavy atom. The van der Waals surface area contributed by atoms with Crippen molar-refractivity contribution in [3.8, 4) is 0 Å². The monoisotopic (exact) mass is 227 g/mol. The summed E-state index contributed by atoms with van der Waals surface area (Å²) in [6.45, 7) is 10.3. The highest BCUT2D eigenvalue weighted by Crippen LogP contribution is 2.14. The van der Waals surface area contributed by atoms with Crippen LogP contribution in [-0.2, 0) is 0 Å². The summed E-state index contributed by atoms with van der Waals surface area (Å²) >= 11 is 0. The largest absolute Gasteiger partial charge is 0.314 e. The molecular weight excluding hydrogens is 194 g/mol. The lowest BCUT2D eigenvalue weighted by atomic mass is 9.97. The molecule has 0 amide bonds. The van der Waals surface area contributed by atoms with Gasteiger partial charge in [-0.15, -0.1) is 0 Å². The zero-order chi connectivity index (χ0) is 12.2. The van der Waals surface area contributed by atoms with Gasteiger partial charge < -0.3 is 5.32 Å². The van der Waals surface area contributed by atoms with E-state index in [2.05, 4.69) is 33.0 Å². The van der Waals surface area contributed by atoms with E-state index in [0.29, 0.717) is 6.04 Å². The second-order valence-electron chi connectivity index (χ2n) is 5.39. The maximum absolute atomic E-state index is 3.56. The molecule has 0 saturated carbocycles. The van der Waals surface area contributed by atoms with Crippen LogP contribution in [0.2, 0.25) is 0 Å². The number of hydrogen-bond acceptors (Lipinski definition) is 1. The van der Waals surface area contributed by atoms with Gasteiger partial charge in [0.25, 0.3) is 0 Å². The van der Waals surface area contributed by atoms with Crippen LogP contribution in [0.5, 0.6) is 0 Å². The topological polar surface area (TPSA) is 12.0 Å². The summed E-state index contributed by atoms with van der Waals surface area (Å²) in [4.78, 5) is 0. The minimum absolute atomic E-state index is 0.638. The van der Waals surface area contributed by atoms with Gasteiger partial charge in [0.05, 0.1) is 0 Å². The summed E-state index contributed by atoms with van der Waals surface area (Å²) < 4.78 is 0. The number of hydrogen-bond donors (Lipinski definition) is 1. The fourth-order valence-electron chi connectivity index (χ4n) is 2.07. The molecule has 0 aliphatic heterocycles. The van der Waals surface area contributed by atoms with E-state index in [1.165, 1.54) is 57.9 Å². The van der Waals surface area contributed by atoms with Crippen LogP contribution >= 0.6 is 0 Å². The molecule has 16 heavy (non-hydrogen) atoms. The highest BCUT2D eigenvalue weighted by Gasteiger charge is 2.06. The van der Waals surface area contributed by atoms with Crippen molar-refractivity contribution in [3.63, 3.8) is 0 Å². The molecule has 0 saturated heterocycles. The summed E-state index contributed by atoms with van der Waals surface area (Å²) in [5, 5.41) is 3.56. The quantitative estimate of drug-likeness (QED) is 0.502. The molecule has 1 atom stereocenters. The van der Waals surface area contributed by atoms with Crippen LogP contribution in [0.15, 0.2) is 0 Å². The Morgan fingerprint density at radius 2 is 1.50 bits per heavy atom. The third kappa shape index (κ3) is 10.5. The van der Waals surface area contributed by atoms with E-state index >= 15 is 0 Å². The van der Waals surface area contributed by atoms with E-state index in [-0.39, 0.29) is 0 Å². The van der Waals surface area contributed by atoms with Gasteiger partial charge in [0.15, 0.2) is 0 Å². The molecule has 1 nitrogen and oxygen atoms in total. The minimum Gasteiger partial charge on any atom is -0.314 e. The normalized spacial score (nSPS) is 13.3. The lowest BCUT2D eigenvalue weighted by Crippen LogP contribution is -2.28. The summed E-state index contributed by atoms with van der Waals surface area (Å²) in [5.74, 6) is 0.897. The van der Waals surface area contributed by atoms with E-state index in [0.717, 1.165) is 5.92 Å². The molecule has 0 bridgehead atoms. The van der Waals surface area contributed by atoms with Crippen LogP contribution in [0.1, 0.15) is 79.1 Å². The Morgan fingerprint density at radius 1 is 0.875 bits per heavy atom. The Kier molecular flexibility index (Phi) is 11.4. The summed E-state index contributed by atoms with van der Waals surface area (Å²) in [6.07, 6.45) is 11.3. The van der Waals surface area contributed by atoms with Gasteiger partial charge in [-0.2, -0.15) is 0 Å². The van der Waals surface area contributed by atoms with Crippen molar-refractivity contribution in [2.75, 3.05) is 6.54 Å². The Hall–Kier alpha value is -0.0400. The summed E-state index contributed by atoms with van der Waals surface area (Å²) in [5.41, 5.74) is 0. The van der Waals surface area contributed by atoms with Gasteiger partial charge in [-0.1, -0.05) is 72.6 Å². The van der Waals surface area contributed by atoms with E-state index in [1.54, 1.807) is 0 Å². The molecule has 1 heteroatoms. The minimum atomic E-state index is 0.638. The van der Waals surface area contributed by atoms with Gasteiger partial charge in [0.1, 0.15) is 0 Å². The van der Waals surface area contributed by atoms with Crippen LogP contribution in [0.4, 0.5) is 0 Å². The summed E-state index contributed by atoms with van der Waals surface area (Å²) in [7, 11) is 0. The third-order valence-corrected chi connectivity index (χ3v) is 3.36. The van der Waals surface area contributed by atoms with Crippen molar-refractivity contribution in [1.29, 1.82) is 0 Å². The van der Waals surface area contributed by atoms with Crippen LogP contribution < -0.4 is 5.32 Å². The Bertz CT molecular complexity index is 131. The zero-order valence-corrected chi connectivity index (χ0v) is 12.0. The fourth-order valence-corrected chi connectivity index (χ4v) is 2.07. The average Bonchev–Trinajstić information content (AvgIpc) is 2.27. The first kappa shape index (κ1) is 16.0. The second-order valence-corrected chi connectivity index (χ2v) is 5.39. The van der Waals surface area contributed by atoms with Crippen LogP contribution in [-0.4, -0.2) is 12.6 Å². The number of rotatable bonds is 11. The molecule has 98 valence electrons. The van der Waals surface area contributed by atoms with Crippen LogP contribution in [0, 0.1) is 5.92 Å². The molecule has 0 heterocycles. The maximum atomic E-state index is 3.56. The van der Waals surface area contributed by atoms with Crippen LogP contribution in [0.3, 0.4) is 0 Å². The molecule has 0 aromatic rings. The first-order valence-corrected chi connectivity index (χ1v) is 7.44. The molecule has 0 fully saturated rings. The zero-order valence-electron chi connectivity index (χ0n) is 12.0. The van der Waals surface area contributed by atoms with E-state index in [4.69, 9.17) is 0 Å². The molecule has 0 spiro atoms. The van der Waals surface area contributed by atoms with E-state index < -0.39 is 0 Å². The van der Waals surface area contributed by atoms with Crippen molar-refractivity contribution in [2.24, 2.45) is 5.92 Å². The van der Waals surface area contributed by atoms with Crippen molar-refractivity contribution in [2.45, 2.75) is 85.1 Å². The van der Waals surface area contributed by atoms with Gasteiger partial charge in [-0.25, -0.2) is 0 Å². The van der Waals surface area contributed by atoms with Crippen molar-refractivity contribution >= 4 is 0 Å². The van der Waals surface area contributed by atoms with E-state index in [9.17, 15) is 0 Å². The summed E-state index contributed by atoms with van der Waals surface area (Å²) in [6, 6.07) is 0.638. The number of unbranched alkanes of at least 4 members (excludes halogenated alkanes) is 5. The van der Waals surface area contributed by atoms with E-state index in [1.807, 2.05) is 0 Å². The molecule has 0 aromatic heterocycles. The van der Waals surface area contributed by atoms with Gasteiger partial charge in [0, 0.05) is 6.04 Å². The molecule has 0 rings (SSSR count).